The number of H-pyrrole nitrogens is 1. The molecule has 1 aromatic heterocycles. The number of unbranched alkanes of at least 4 members (excludes halogenated alkanes) is 1. The van der Waals surface area contributed by atoms with Crippen LogP contribution in [0.15, 0.2) is 27.8 Å². The molecule has 1 amide bonds. The topological polar surface area (TPSA) is 110 Å². The number of amides is 1. The number of ether oxygens (including phenoxy) is 1. The van der Waals surface area contributed by atoms with Crippen LogP contribution in [-0.2, 0) is 11.3 Å². The largest absolute Gasteiger partial charge is 0.479 e. The van der Waals surface area contributed by atoms with Crippen molar-refractivity contribution < 1.29 is 9.53 Å². The molecule has 1 aromatic carbocycles. The van der Waals surface area contributed by atoms with Gasteiger partial charge in [-0.25, -0.2) is 4.79 Å². The zero-order valence-electron chi connectivity index (χ0n) is 17.1. The number of aryl methyl sites for hydroxylation is 1. The standard InChI is InChI=1S/C20H27ClN4O4/c1-5-7-10-25-17(22)16(18(26)23-20(25)28)24(6-2)19(27)13(4)29-15-11-12(3)8-9-14(15)21/h8-9,11,13H,5-7,10,22H2,1-4H3,(H,23,26,28). The fourth-order valence-electron chi connectivity index (χ4n) is 2.96. The summed E-state index contributed by atoms with van der Waals surface area (Å²) in [7, 11) is 0. The molecule has 2 rings (SSSR count). The van der Waals surface area contributed by atoms with Gasteiger partial charge in [0.2, 0.25) is 0 Å². The van der Waals surface area contributed by atoms with Crippen LogP contribution in [0.3, 0.4) is 0 Å². The maximum Gasteiger partial charge on any atom is 0.330 e. The number of carbonyl (C=O) groups is 1. The van der Waals surface area contributed by atoms with E-state index in [1.807, 2.05) is 19.9 Å². The number of aromatic nitrogens is 2. The van der Waals surface area contributed by atoms with Gasteiger partial charge in [0.25, 0.3) is 11.5 Å². The summed E-state index contributed by atoms with van der Waals surface area (Å²) in [6, 6.07) is 5.25. The van der Waals surface area contributed by atoms with Crippen LogP contribution in [0.2, 0.25) is 5.02 Å². The quantitative estimate of drug-likeness (QED) is 0.679. The van der Waals surface area contributed by atoms with Gasteiger partial charge in [0.1, 0.15) is 11.6 Å². The predicted molar refractivity (Wildman–Crippen MR) is 115 cm³/mol. The third-order valence-electron chi connectivity index (χ3n) is 4.54. The van der Waals surface area contributed by atoms with E-state index in [0.717, 1.165) is 12.0 Å². The van der Waals surface area contributed by atoms with Gasteiger partial charge in [-0.1, -0.05) is 31.0 Å². The van der Waals surface area contributed by atoms with Crippen molar-refractivity contribution >= 4 is 29.0 Å². The second-order valence-electron chi connectivity index (χ2n) is 6.77. The number of likely N-dealkylation sites (N-methyl/N-ethyl adjacent to an activating group) is 1. The molecule has 0 spiro atoms. The van der Waals surface area contributed by atoms with Crippen LogP contribution in [0.5, 0.6) is 5.75 Å². The van der Waals surface area contributed by atoms with E-state index in [2.05, 4.69) is 4.98 Å². The zero-order chi connectivity index (χ0) is 21.7. The number of carbonyl (C=O) groups excluding carboxylic acids is 1. The normalized spacial score (nSPS) is 11.9. The molecular weight excluding hydrogens is 396 g/mol. The highest BCUT2D eigenvalue weighted by Crippen LogP contribution is 2.27. The van der Waals surface area contributed by atoms with Crippen LogP contribution in [0.1, 0.15) is 39.2 Å². The number of nitrogens with zero attached hydrogens (tertiary/aromatic N) is 2. The van der Waals surface area contributed by atoms with E-state index in [1.54, 1.807) is 26.0 Å². The Kier molecular flexibility index (Phi) is 7.50. The Bertz CT molecular complexity index is 999. The summed E-state index contributed by atoms with van der Waals surface area (Å²) >= 11 is 6.15. The Balaban J connectivity index is 2.39. The van der Waals surface area contributed by atoms with Crippen LogP contribution >= 0.6 is 11.6 Å². The molecule has 0 fully saturated rings. The minimum atomic E-state index is -0.927. The molecule has 1 atom stereocenters. The minimum absolute atomic E-state index is 0.0387. The predicted octanol–water partition coefficient (Wildman–Crippen LogP) is 2.70. The highest BCUT2D eigenvalue weighted by Gasteiger charge is 2.28. The lowest BCUT2D eigenvalue weighted by molar-refractivity contribution is -0.124. The van der Waals surface area contributed by atoms with E-state index in [9.17, 15) is 14.4 Å². The lowest BCUT2D eigenvalue weighted by Crippen LogP contribution is -2.45. The fourth-order valence-corrected chi connectivity index (χ4v) is 3.12. The maximum absolute atomic E-state index is 13.1. The number of anilines is 2. The lowest BCUT2D eigenvalue weighted by atomic mass is 10.2. The van der Waals surface area contributed by atoms with Crippen LogP contribution in [0.4, 0.5) is 11.5 Å². The number of nitrogens with one attached hydrogen (secondary N) is 1. The van der Waals surface area contributed by atoms with E-state index in [1.165, 1.54) is 9.47 Å². The first-order chi connectivity index (χ1) is 13.7. The minimum Gasteiger partial charge on any atom is -0.479 e. The Morgan fingerprint density at radius 3 is 2.66 bits per heavy atom. The third kappa shape index (κ3) is 5.00. The van der Waals surface area contributed by atoms with E-state index in [-0.39, 0.29) is 18.1 Å². The van der Waals surface area contributed by atoms with Crippen molar-refractivity contribution in [3.63, 3.8) is 0 Å². The summed E-state index contributed by atoms with van der Waals surface area (Å²) < 4.78 is 7.02. The fraction of sp³-hybridized carbons (Fsp3) is 0.450. The van der Waals surface area contributed by atoms with Crippen LogP contribution < -0.4 is 26.6 Å². The third-order valence-corrected chi connectivity index (χ3v) is 4.85. The number of nitrogens with two attached hydrogens (primary N) is 1. The molecule has 29 heavy (non-hydrogen) atoms. The zero-order valence-corrected chi connectivity index (χ0v) is 17.9. The summed E-state index contributed by atoms with van der Waals surface area (Å²) in [4.78, 5) is 41.1. The van der Waals surface area contributed by atoms with Crippen LogP contribution in [0.25, 0.3) is 0 Å². The number of nitrogen functional groups attached to an aromatic ring is 1. The summed E-state index contributed by atoms with van der Waals surface area (Å²) in [5.41, 5.74) is 5.69. The molecule has 158 valence electrons. The Labute approximate surface area is 174 Å². The molecule has 0 saturated heterocycles. The average molecular weight is 423 g/mol. The number of aromatic amines is 1. The SMILES string of the molecule is CCCCn1c(N)c(N(CC)C(=O)C(C)Oc2cc(C)ccc2Cl)c(=O)[nH]c1=O. The number of hydrogen-bond donors (Lipinski definition) is 2. The molecule has 2 aromatic rings. The monoisotopic (exact) mass is 422 g/mol. The first-order valence-electron chi connectivity index (χ1n) is 9.58. The Morgan fingerprint density at radius 2 is 2.03 bits per heavy atom. The Hall–Kier alpha value is -2.74. The van der Waals surface area contributed by atoms with Crippen LogP contribution in [0, 0.1) is 6.92 Å². The van der Waals surface area contributed by atoms with Gasteiger partial charge in [0.15, 0.2) is 11.8 Å². The van der Waals surface area contributed by atoms with Crippen molar-refractivity contribution in [1.82, 2.24) is 9.55 Å². The number of hydrogen-bond acceptors (Lipinski definition) is 5. The number of benzene rings is 1. The average Bonchev–Trinajstić information content (AvgIpc) is 2.67. The Morgan fingerprint density at radius 1 is 1.34 bits per heavy atom. The molecule has 0 aliphatic carbocycles. The van der Waals surface area contributed by atoms with Crippen molar-refractivity contribution in [2.75, 3.05) is 17.2 Å². The highest BCUT2D eigenvalue weighted by atomic mass is 35.5. The number of halogens is 1. The van der Waals surface area contributed by atoms with Gasteiger partial charge in [-0.05, 0) is 44.9 Å². The lowest BCUT2D eigenvalue weighted by Gasteiger charge is -2.26. The molecule has 1 heterocycles. The maximum atomic E-state index is 13.1. The molecular formula is C20H27ClN4O4. The van der Waals surface area contributed by atoms with Gasteiger partial charge in [0, 0.05) is 13.1 Å². The first kappa shape index (κ1) is 22.5. The highest BCUT2D eigenvalue weighted by molar-refractivity contribution is 6.32. The molecule has 1 unspecified atom stereocenters. The van der Waals surface area contributed by atoms with Crippen molar-refractivity contribution in [3.8, 4) is 5.75 Å². The number of rotatable bonds is 8. The van der Waals surface area contributed by atoms with Gasteiger partial charge in [-0.3, -0.25) is 19.1 Å². The second-order valence-corrected chi connectivity index (χ2v) is 7.18. The molecule has 9 heteroatoms. The molecule has 0 aliphatic rings. The van der Waals surface area contributed by atoms with E-state index >= 15 is 0 Å². The first-order valence-corrected chi connectivity index (χ1v) is 9.95. The van der Waals surface area contributed by atoms with Crippen LogP contribution in [-0.4, -0.2) is 28.1 Å². The molecule has 0 bridgehead atoms. The second kappa shape index (κ2) is 9.65. The van der Waals surface area contributed by atoms with Gasteiger partial charge in [0.05, 0.1) is 5.02 Å². The van der Waals surface area contributed by atoms with E-state index in [4.69, 9.17) is 22.1 Å². The van der Waals surface area contributed by atoms with Gasteiger partial charge in [-0.15, -0.1) is 0 Å². The van der Waals surface area contributed by atoms with Crippen molar-refractivity contribution in [1.29, 1.82) is 0 Å². The van der Waals surface area contributed by atoms with Gasteiger partial charge >= 0.3 is 5.69 Å². The molecule has 0 saturated carbocycles. The molecule has 3 N–H and O–H groups in total. The van der Waals surface area contributed by atoms with E-state index < -0.39 is 23.3 Å². The van der Waals surface area contributed by atoms with E-state index in [0.29, 0.717) is 23.7 Å². The van der Waals surface area contributed by atoms with Crippen molar-refractivity contribution in [2.24, 2.45) is 0 Å². The summed E-state index contributed by atoms with van der Waals surface area (Å²) in [6.45, 7) is 7.67. The van der Waals surface area contributed by atoms with Crippen molar-refractivity contribution in [3.05, 3.63) is 49.6 Å². The van der Waals surface area contributed by atoms with Crippen molar-refractivity contribution in [2.45, 2.75) is 53.2 Å². The summed E-state index contributed by atoms with van der Waals surface area (Å²) in [5, 5.41) is 0.378. The van der Waals surface area contributed by atoms with Gasteiger partial charge in [-0.2, -0.15) is 0 Å². The summed E-state index contributed by atoms with van der Waals surface area (Å²) in [5.74, 6) is -0.135. The van der Waals surface area contributed by atoms with Gasteiger partial charge < -0.3 is 15.4 Å². The molecule has 0 radical (unpaired) electrons. The summed E-state index contributed by atoms with van der Waals surface area (Å²) in [6.07, 6.45) is 0.629. The smallest absolute Gasteiger partial charge is 0.330 e. The molecule has 0 aliphatic heterocycles. The molecule has 8 nitrogen and oxygen atoms in total.